The van der Waals surface area contributed by atoms with Gasteiger partial charge in [-0.25, -0.2) is 9.48 Å². The zero-order valence-corrected chi connectivity index (χ0v) is 10.4. The van der Waals surface area contributed by atoms with Gasteiger partial charge in [0.2, 0.25) is 0 Å². The van der Waals surface area contributed by atoms with E-state index in [9.17, 15) is 4.79 Å². The van der Waals surface area contributed by atoms with E-state index in [-0.39, 0.29) is 5.69 Å². The lowest BCUT2D eigenvalue weighted by atomic mass is 10.2. The Hall–Kier alpha value is -1.47. The van der Waals surface area contributed by atoms with Crippen molar-refractivity contribution < 1.29 is 9.90 Å². The Kier molecular flexibility index (Phi) is 4.27. The average molecular weight is 253 g/mol. The number of nitrogens with two attached hydrogens (primary N) is 1. The van der Waals surface area contributed by atoms with Crippen LogP contribution in [0.1, 0.15) is 29.0 Å². The van der Waals surface area contributed by atoms with Crippen molar-refractivity contribution in [3.63, 3.8) is 0 Å². The molecule has 1 saturated heterocycles. The molecule has 0 radical (unpaired) electrons. The molecule has 2 heterocycles. The fourth-order valence-corrected chi connectivity index (χ4v) is 2.31. The van der Waals surface area contributed by atoms with Gasteiger partial charge in [-0.2, -0.15) is 0 Å². The zero-order valence-electron chi connectivity index (χ0n) is 10.4. The summed E-state index contributed by atoms with van der Waals surface area (Å²) in [6.07, 6.45) is 2.98. The third-order valence-electron chi connectivity index (χ3n) is 3.25. The summed E-state index contributed by atoms with van der Waals surface area (Å²) in [5.74, 6) is -1.04. The molecule has 0 aliphatic carbocycles. The third kappa shape index (κ3) is 2.85. The molecule has 0 aromatic carbocycles. The Bertz CT molecular complexity index is 412. The number of hydrogen-bond acceptors (Lipinski definition) is 5. The molecular weight excluding hydrogens is 234 g/mol. The first-order chi connectivity index (χ1) is 8.72. The van der Waals surface area contributed by atoms with Crippen molar-refractivity contribution in [1.29, 1.82) is 0 Å². The number of carboxylic acids is 1. The van der Waals surface area contributed by atoms with E-state index in [0.717, 1.165) is 19.6 Å². The molecule has 0 spiro atoms. The number of aromatic nitrogens is 3. The highest BCUT2D eigenvalue weighted by Crippen LogP contribution is 2.09. The first kappa shape index (κ1) is 13.0. The highest BCUT2D eigenvalue weighted by Gasteiger charge is 2.19. The SMILES string of the molecule is NCCc1c(C(=O)O)nnn1CCN1CCCC1. The van der Waals surface area contributed by atoms with Crippen molar-refractivity contribution >= 4 is 5.97 Å². The fraction of sp³-hybridized carbons (Fsp3) is 0.727. The van der Waals surface area contributed by atoms with Crippen LogP contribution >= 0.6 is 0 Å². The summed E-state index contributed by atoms with van der Waals surface area (Å²) in [5, 5.41) is 16.7. The predicted octanol–water partition coefficient (Wildman–Crippen LogP) is -0.427. The van der Waals surface area contributed by atoms with Crippen LogP contribution in [0.15, 0.2) is 0 Å². The van der Waals surface area contributed by atoms with E-state index in [1.165, 1.54) is 12.8 Å². The van der Waals surface area contributed by atoms with E-state index < -0.39 is 5.97 Å². The van der Waals surface area contributed by atoms with Gasteiger partial charge >= 0.3 is 5.97 Å². The fourth-order valence-electron chi connectivity index (χ4n) is 2.31. The van der Waals surface area contributed by atoms with E-state index in [1.807, 2.05) is 0 Å². The van der Waals surface area contributed by atoms with E-state index in [4.69, 9.17) is 10.8 Å². The molecule has 3 N–H and O–H groups in total. The van der Waals surface area contributed by atoms with Crippen molar-refractivity contribution in [3.05, 3.63) is 11.4 Å². The smallest absolute Gasteiger partial charge is 0.358 e. The molecule has 1 fully saturated rings. The molecule has 1 aliphatic rings. The first-order valence-corrected chi connectivity index (χ1v) is 6.30. The standard InChI is InChI=1S/C11H19N5O2/c12-4-3-9-10(11(17)18)13-14-16(9)8-7-15-5-1-2-6-15/h1-8,12H2,(H,17,18). The summed E-state index contributed by atoms with van der Waals surface area (Å²) >= 11 is 0. The van der Waals surface area contributed by atoms with Gasteiger partial charge in [0.05, 0.1) is 12.2 Å². The Morgan fingerprint density at radius 3 is 2.67 bits per heavy atom. The molecule has 2 rings (SSSR count). The minimum Gasteiger partial charge on any atom is -0.476 e. The van der Waals surface area contributed by atoms with Crippen LogP contribution in [0.4, 0.5) is 0 Å². The number of likely N-dealkylation sites (tertiary alicyclic amines) is 1. The highest BCUT2D eigenvalue weighted by molar-refractivity contribution is 5.86. The summed E-state index contributed by atoms with van der Waals surface area (Å²) in [7, 11) is 0. The maximum Gasteiger partial charge on any atom is 0.358 e. The lowest BCUT2D eigenvalue weighted by Crippen LogP contribution is -2.25. The molecule has 0 atom stereocenters. The van der Waals surface area contributed by atoms with Crippen LogP contribution < -0.4 is 5.73 Å². The van der Waals surface area contributed by atoms with Gasteiger partial charge in [-0.05, 0) is 32.5 Å². The van der Waals surface area contributed by atoms with E-state index >= 15 is 0 Å². The Morgan fingerprint density at radius 1 is 1.33 bits per heavy atom. The number of carbonyl (C=O) groups is 1. The number of aromatic carboxylic acids is 1. The molecule has 1 aromatic rings. The van der Waals surface area contributed by atoms with Crippen molar-refractivity contribution in [3.8, 4) is 0 Å². The van der Waals surface area contributed by atoms with Gasteiger partial charge in [0.1, 0.15) is 0 Å². The quantitative estimate of drug-likeness (QED) is 0.714. The summed E-state index contributed by atoms with van der Waals surface area (Å²) in [6, 6.07) is 0. The Balaban J connectivity index is 2.04. The summed E-state index contributed by atoms with van der Waals surface area (Å²) < 4.78 is 1.68. The van der Waals surface area contributed by atoms with Crippen LogP contribution in [0.25, 0.3) is 0 Å². The van der Waals surface area contributed by atoms with E-state index in [1.54, 1.807) is 4.68 Å². The molecule has 18 heavy (non-hydrogen) atoms. The van der Waals surface area contributed by atoms with Crippen LogP contribution in [0.2, 0.25) is 0 Å². The monoisotopic (exact) mass is 253 g/mol. The predicted molar refractivity (Wildman–Crippen MR) is 65.4 cm³/mol. The molecule has 0 unspecified atom stereocenters. The maximum atomic E-state index is 11.0. The van der Waals surface area contributed by atoms with Crippen molar-refractivity contribution in [1.82, 2.24) is 19.9 Å². The van der Waals surface area contributed by atoms with Gasteiger partial charge in [-0.15, -0.1) is 5.10 Å². The van der Waals surface area contributed by atoms with Crippen LogP contribution in [-0.2, 0) is 13.0 Å². The van der Waals surface area contributed by atoms with Crippen molar-refractivity contribution in [2.75, 3.05) is 26.2 Å². The molecule has 0 amide bonds. The second-order valence-electron chi connectivity index (χ2n) is 4.50. The lowest BCUT2D eigenvalue weighted by Gasteiger charge is -2.14. The largest absolute Gasteiger partial charge is 0.476 e. The number of rotatable bonds is 6. The first-order valence-electron chi connectivity index (χ1n) is 6.30. The average Bonchev–Trinajstić information content (AvgIpc) is 2.95. The molecular formula is C11H19N5O2. The summed E-state index contributed by atoms with van der Waals surface area (Å²) in [4.78, 5) is 13.4. The van der Waals surface area contributed by atoms with Gasteiger partial charge in [0.15, 0.2) is 5.69 Å². The molecule has 0 bridgehead atoms. The summed E-state index contributed by atoms with van der Waals surface area (Å²) in [6.45, 7) is 4.20. The van der Waals surface area contributed by atoms with E-state index in [2.05, 4.69) is 15.2 Å². The van der Waals surface area contributed by atoms with Gasteiger partial charge in [0.25, 0.3) is 0 Å². The molecule has 1 aromatic heterocycles. The van der Waals surface area contributed by atoms with Gasteiger partial charge in [-0.3, -0.25) is 0 Å². The van der Waals surface area contributed by atoms with Crippen LogP contribution in [0.5, 0.6) is 0 Å². The normalized spacial score (nSPS) is 16.3. The number of hydrogen-bond donors (Lipinski definition) is 2. The van der Waals surface area contributed by atoms with E-state index in [0.29, 0.717) is 25.2 Å². The second-order valence-corrected chi connectivity index (χ2v) is 4.50. The number of nitrogens with zero attached hydrogens (tertiary/aromatic N) is 4. The third-order valence-corrected chi connectivity index (χ3v) is 3.25. The van der Waals surface area contributed by atoms with Crippen LogP contribution in [0.3, 0.4) is 0 Å². The van der Waals surface area contributed by atoms with Crippen LogP contribution in [-0.4, -0.2) is 57.1 Å². The maximum absolute atomic E-state index is 11.0. The van der Waals surface area contributed by atoms with Crippen LogP contribution in [0, 0.1) is 0 Å². The van der Waals surface area contributed by atoms with Gasteiger partial charge < -0.3 is 15.7 Å². The second kappa shape index (κ2) is 5.92. The molecule has 1 aliphatic heterocycles. The molecule has 0 saturated carbocycles. The molecule has 7 heteroatoms. The Morgan fingerprint density at radius 2 is 2.06 bits per heavy atom. The molecule has 7 nitrogen and oxygen atoms in total. The number of carboxylic acid groups (broad SMARTS) is 1. The highest BCUT2D eigenvalue weighted by atomic mass is 16.4. The molecule has 100 valence electrons. The zero-order chi connectivity index (χ0) is 13.0. The Labute approximate surface area is 106 Å². The van der Waals surface area contributed by atoms with Gasteiger partial charge in [-0.1, -0.05) is 5.21 Å². The summed E-state index contributed by atoms with van der Waals surface area (Å²) in [5.41, 5.74) is 6.16. The minimum absolute atomic E-state index is 0.0295. The van der Waals surface area contributed by atoms with Gasteiger partial charge in [0, 0.05) is 13.0 Å². The van der Waals surface area contributed by atoms with Crippen molar-refractivity contribution in [2.45, 2.75) is 25.8 Å². The lowest BCUT2D eigenvalue weighted by molar-refractivity contribution is 0.0689. The topological polar surface area (TPSA) is 97.3 Å². The minimum atomic E-state index is -1.04. The van der Waals surface area contributed by atoms with Crippen molar-refractivity contribution in [2.24, 2.45) is 5.73 Å².